The van der Waals surface area contributed by atoms with Crippen LogP contribution in [0.4, 0.5) is 0 Å². The van der Waals surface area contributed by atoms with Gasteiger partial charge in [-0.05, 0) is 6.42 Å². The van der Waals surface area contributed by atoms with Gasteiger partial charge in [0.2, 0.25) is 0 Å². The van der Waals surface area contributed by atoms with Crippen LogP contribution in [-0.2, 0) is 4.57 Å². The van der Waals surface area contributed by atoms with Crippen molar-refractivity contribution in [2.45, 2.75) is 13.3 Å². The molecule has 0 saturated heterocycles. The Morgan fingerprint density at radius 3 is 1.50 bits per heavy atom. The second-order valence-corrected chi connectivity index (χ2v) is 2.61. The van der Waals surface area contributed by atoms with Crippen molar-refractivity contribution in [1.29, 1.82) is 0 Å². The number of alkyl halides is 1. The molecule has 0 atom stereocenters. The quantitative estimate of drug-likeness (QED) is 0.318. The van der Waals surface area contributed by atoms with E-state index in [9.17, 15) is 0 Å². The third kappa shape index (κ3) is 115. The van der Waals surface area contributed by atoms with Gasteiger partial charge in [0.05, 0.1) is 0 Å². The molecule has 0 radical (unpaired) electrons. The van der Waals surface area contributed by atoms with Gasteiger partial charge >= 0.3 is 37.4 Å². The molecule has 4 nitrogen and oxygen atoms in total. The van der Waals surface area contributed by atoms with Crippen LogP contribution >= 0.6 is 19.4 Å². The second-order valence-electron chi connectivity index (χ2n) is 1.20. The predicted molar refractivity (Wildman–Crippen MR) is 42.4 cm³/mol. The summed E-state index contributed by atoms with van der Waals surface area (Å²) in [6.45, 7) is 2.05. The number of phosphoric acid groups is 1. The first-order valence-corrected chi connectivity index (χ1v) is 4.36. The molecule has 7 heteroatoms. The molecule has 0 unspecified atom stereocenters. The van der Waals surface area contributed by atoms with Crippen LogP contribution < -0.4 is 0 Å². The minimum absolute atomic E-state index is 0. The van der Waals surface area contributed by atoms with Crippen LogP contribution in [0.25, 0.3) is 0 Å². The van der Waals surface area contributed by atoms with Gasteiger partial charge in [-0.25, -0.2) is 4.57 Å². The van der Waals surface area contributed by atoms with Crippen molar-refractivity contribution in [3.8, 4) is 0 Å². The summed E-state index contributed by atoms with van der Waals surface area (Å²) >= 11 is 5.19. The summed E-state index contributed by atoms with van der Waals surface area (Å²) in [4.78, 5) is 21.6. The van der Waals surface area contributed by atoms with Crippen molar-refractivity contribution < 1.29 is 19.2 Å². The minimum atomic E-state index is -4.64. The topological polar surface area (TPSA) is 77.8 Å². The molecule has 0 heterocycles. The SMILES string of the molecule is CCCCl.O=P(O)(O)O.[NaH]. The van der Waals surface area contributed by atoms with Gasteiger partial charge in [0.15, 0.2) is 0 Å². The molecule has 0 aromatic carbocycles. The average Bonchev–Trinajstić information content (AvgIpc) is 1.61. The summed E-state index contributed by atoms with van der Waals surface area (Å²) in [6.07, 6.45) is 1.08. The maximum absolute atomic E-state index is 8.88. The molecular formula is C3H11ClNaO4P. The van der Waals surface area contributed by atoms with E-state index in [2.05, 4.69) is 0 Å². The molecule has 0 rings (SSSR count). The molecule has 60 valence electrons. The molecule has 0 fully saturated rings. The van der Waals surface area contributed by atoms with Gasteiger partial charge in [-0.1, -0.05) is 6.92 Å². The van der Waals surface area contributed by atoms with E-state index in [1.807, 2.05) is 6.92 Å². The molecule has 0 aromatic heterocycles. The van der Waals surface area contributed by atoms with Crippen molar-refractivity contribution in [1.82, 2.24) is 0 Å². The van der Waals surface area contributed by atoms with Gasteiger partial charge in [-0.2, -0.15) is 0 Å². The maximum atomic E-state index is 8.88. The predicted octanol–water partition coefficient (Wildman–Crippen LogP) is 0.0581. The van der Waals surface area contributed by atoms with E-state index >= 15 is 0 Å². The van der Waals surface area contributed by atoms with Crippen molar-refractivity contribution >= 4 is 49.0 Å². The molecule has 0 spiro atoms. The van der Waals surface area contributed by atoms with Crippen molar-refractivity contribution in [2.75, 3.05) is 5.88 Å². The second kappa shape index (κ2) is 10.4. The van der Waals surface area contributed by atoms with Gasteiger partial charge in [-0.15, -0.1) is 11.6 Å². The van der Waals surface area contributed by atoms with E-state index in [0.717, 1.165) is 12.3 Å². The Hall–Kier alpha value is 1.40. The first kappa shape index (κ1) is 17.5. The molecule has 0 bridgehead atoms. The Bertz CT molecular complexity index is 84.2. The van der Waals surface area contributed by atoms with Crippen molar-refractivity contribution in [3.05, 3.63) is 0 Å². The molecule has 0 aromatic rings. The molecular weight excluding hydrogens is 189 g/mol. The van der Waals surface area contributed by atoms with Crippen LogP contribution in [0.3, 0.4) is 0 Å². The Morgan fingerprint density at radius 2 is 1.50 bits per heavy atom. The van der Waals surface area contributed by atoms with Crippen molar-refractivity contribution in [3.63, 3.8) is 0 Å². The fourth-order valence-corrected chi connectivity index (χ4v) is 0. The van der Waals surface area contributed by atoms with E-state index in [-0.39, 0.29) is 29.6 Å². The van der Waals surface area contributed by atoms with Gasteiger partial charge in [0.1, 0.15) is 0 Å². The summed E-state index contributed by atoms with van der Waals surface area (Å²) in [6, 6.07) is 0. The van der Waals surface area contributed by atoms with E-state index in [0.29, 0.717) is 0 Å². The van der Waals surface area contributed by atoms with Crippen LogP contribution in [0.2, 0.25) is 0 Å². The molecule has 0 amide bonds. The molecule has 0 aliphatic rings. The zero-order valence-corrected chi connectivity index (χ0v) is 6.64. The average molecular weight is 201 g/mol. The summed E-state index contributed by atoms with van der Waals surface area (Å²) in [5.41, 5.74) is 0. The van der Waals surface area contributed by atoms with Gasteiger partial charge in [0.25, 0.3) is 0 Å². The summed E-state index contributed by atoms with van der Waals surface area (Å²) in [7, 11) is -4.64. The van der Waals surface area contributed by atoms with Gasteiger partial charge in [0, 0.05) is 5.88 Å². The zero-order chi connectivity index (χ0) is 7.91. The summed E-state index contributed by atoms with van der Waals surface area (Å²) in [5, 5.41) is 0. The molecule has 0 aliphatic heterocycles. The summed E-state index contributed by atoms with van der Waals surface area (Å²) in [5.74, 6) is 0.792. The Kier molecular flexibility index (Phi) is 18.2. The first-order chi connectivity index (χ1) is 3.91. The van der Waals surface area contributed by atoms with Crippen LogP contribution in [0.15, 0.2) is 0 Å². The van der Waals surface area contributed by atoms with E-state index in [1.165, 1.54) is 0 Å². The standard InChI is InChI=1S/C3H7Cl.Na.H3O4P.H/c1-2-3-4;;1-5(2,3)4;/h2-3H2,1H3;;(H3,1,2,3,4);. The zero-order valence-electron chi connectivity index (χ0n) is 4.99. The Labute approximate surface area is 87.1 Å². The Morgan fingerprint density at radius 1 is 1.40 bits per heavy atom. The van der Waals surface area contributed by atoms with Crippen LogP contribution in [0, 0.1) is 0 Å². The number of halogens is 1. The molecule has 3 N–H and O–H groups in total. The monoisotopic (exact) mass is 200 g/mol. The number of rotatable bonds is 1. The normalized spacial score (nSPS) is 8.90. The van der Waals surface area contributed by atoms with E-state index < -0.39 is 7.82 Å². The third-order valence-electron chi connectivity index (χ3n) is 0.189. The summed E-state index contributed by atoms with van der Waals surface area (Å²) < 4.78 is 8.88. The van der Waals surface area contributed by atoms with E-state index in [1.54, 1.807) is 0 Å². The Balaban J connectivity index is -0.0000000910. The molecule has 0 aliphatic carbocycles. The fourth-order valence-electron chi connectivity index (χ4n) is 0. The third-order valence-corrected chi connectivity index (χ3v) is 0.567. The van der Waals surface area contributed by atoms with E-state index in [4.69, 9.17) is 30.8 Å². The number of hydrogen-bond donors (Lipinski definition) is 3. The first-order valence-electron chi connectivity index (χ1n) is 2.26. The van der Waals surface area contributed by atoms with Gasteiger partial charge in [-0.3, -0.25) is 0 Å². The van der Waals surface area contributed by atoms with Crippen LogP contribution in [0.5, 0.6) is 0 Å². The van der Waals surface area contributed by atoms with Crippen LogP contribution in [0.1, 0.15) is 13.3 Å². The number of hydrogen-bond acceptors (Lipinski definition) is 1. The fraction of sp³-hybridized carbons (Fsp3) is 1.00. The molecule has 10 heavy (non-hydrogen) atoms. The van der Waals surface area contributed by atoms with Gasteiger partial charge < -0.3 is 14.7 Å². The molecule has 0 saturated carbocycles. The van der Waals surface area contributed by atoms with Crippen molar-refractivity contribution in [2.24, 2.45) is 0 Å². The van der Waals surface area contributed by atoms with Crippen LogP contribution in [-0.4, -0.2) is 50.1 Å².